The maximum absolute atomic E-state index is 11.4. The molecule has 2 atom stereocenters. The first-order valence-corrected chi connectivity index (χ1v) is 4.29. The fourth-order valence-electron chi connectivity index (χ4n) is 1.75. The van der Waals surface area contributed by atoms with Gasteiger partial charge in [0.15, 0.2) is 0 Å². The van der Waals surface area contributed by atoms with Crippen LogP contribution >= 0.6 is 0 Å². The highest BCUT2D eigenvalue weighted by atomic mass is 16.2. The van der Waals surface area contributed by atoms with Gasteiger partial charge in [-0.25, -0.2) is 0 Å². The van der Waals surface area contributed by atoms with E-state index in [1.807, 2.05) is 6.07 Å². The Morgan fingerprint density at radius 2 is 2.07 bits per heavy atom. The lowest BCUT2D eigenvalue weighted by atomic mass is 9.69. The van der Waals surface area contributed by atoms with Crippen molar-refractivity contribution in [2.24, 2.45) is 17.1 Å². The molecule has 1 fully saturated rings. The molecule has 5 heteroatoms. The molecule has 0 bridgehead atoms. The summed E-state index contributed by atoms with van der Waals surface area (Å²) in [6.07, 6.45) is 0. The lowest BCUT2D eigenvalue weighted by Gasteiger charge is -2.32. The van der Waals surface area contributed by atoms with Crippen molar-refractivity contribution in [2.45, 2.75) is 26.3 Å². The van der Waals surface area contributed by atoms with E-state index in [-0.39, 0.29) is 0 Å². The number of hydrogen-bond acceptors (Lipinski definition) is 3. The predicted molar refractivity (Wildman–Crippen MR) is 48.6 cm³/mol. The van der Waals surface area contributed by atoms with E-state index in [1.165, 1.54) is 0 Å². The Labute approximate surface area is 82.3 Å². The summed E-state index contributed by atoms with van der Waals surface area (Å²) in [5.74, 6) is -2.09. The van der Waals surface area contributed by atoms with E-state index in [2.05, 4.69) is 5.32 Å². The van der Waals surface area contributed by atoms with Gasteiger partial charge in [0.25, 0.3) is 0 Å². The van der Waals surface area contributed by atoms with Gasteiger partial charge in [0.05, 0.1) is 6.07 Å². The maximum Gasteiger partial charge on any atom is 0.234 e. The minimum absolute atomic E-state index is 0.466. The Balaban J connectivity index is 3.23. The van der Waals surface area contributed by atoms with E-state index < -0.39 is 28.7 Å². The molecule has 3 N–H and O–H groups in total. The zero-order valence-corrected chi connectivity index (χ0v) is 8.42. The Morgan fingerprint density at radius 3 is 2.29 bits per heavy atom. The highest BCUT2D eigenvalue weighted by molar-refractivity contribution is 6.03. The fourth-order valence-corrected chi connectivity index (χ4v) is 1.75. The molecule has 0 aromatic rings. The minimum Gasteiger partial charge on any atom is -0.369 e. The van der Waals surface area contributed by atoms with Crippen molar-refractivity contribution in [1.29, 1.82) is 5.26 Å². The normalized spacial score (nSPS) is 34.7. The monoisotopic (exact) mass is 195 g/mol. The Kier molecular flexibility index (Phi) is 2.03. The van der Waals surface area contributed by atoms with E-state index in [9.17, 15) is 9.59 Å². The molecule has 0 saturated carbocycles. The van der Waals surface area contributed by atoms with Crippen molar-refractivity contribution >= 4 is 11.8 Å². The first kappa shape index (κ1) is 10.5. The molecule has 0 unspecified atom stereocenters. The van der Waals surface area contributed by atoms with Crippen LogP contribution in [0.1, 0.15) is 20.8 Å². The third-order valence-electron chi connectivity index (χ3n) is 3.15. The van der Waals surface area contributed by atoms with Crippen LogP contribution in [0.4, 0.5) is 0 Å². The quantitative estimate of drug-likeness (QED) is 0.553. The third kappa shape index (κ3) is 1.07. The molecule has 0 aromatic carbocycles. The first-order valence-electron chi connectivity index (χ1n) is 4.29. The number of primary amides is 1. The fraction of sp³-hybridized carbons (Fsp3) is 0.667. The van der Waals surface area contributed by atoms with Crippen molar-refractivity contribution in [3.63, 3.8) is 0 Å². The van der Waals surface area contributed by atoms with Gasteiger partial charge < -0.3 is 11.1 Å². The maximum atomic E-state index is 11.4. The smallest absolute Gasteiger partial charge is 0.234 e. The number of amides is 2. The van der Waals surface area contributed by atoms with Gasteiger partial charge >= 0.3 is 0 Å². The molecule has 5 nitrogen and oxygen atoms in total. The van der Waals surface area contributed by atoms with Crippen LogP contribution in [-0.2, 0) is 9.59 Å². The second-order valence-electron chi connectivity index (χ2n) is 4.28. The number of nitriles is 1. The summed E-state index contributed by atoms with van der Waals surface area (Å²) in [6.45, 7) is 4.96. The van der Waals surface area contributed by atoms with Crippen molar-refractivity contribution < 1.29 is 9.59 Å². The summed E-state index contributed by atoms with van der Waals surface area (Å²) < 4.78 is 0. The lowest BCUT2D eigenvalue weighted by molar-refractivity contribution is -0.133. The van der Waals surface area contributed by atoms with E-state index in [0.29, 0.717) is 0 Å². The third-order valence-corrected chi connectivity index (χ3v) is 3.15. The molecular formula is C9H13N3O2. The molecule has 1 saturated heterocycles. The highest BCUT2D eigenvalue weighted by Gasteiger charge is 2.59. The molecule has 1 aliphatic rings. The van der Waals surface area contributed by atoms with E-state index in [1.54, 1.807) is 20.8 Å². The van der Waals surface area contributed by atoms with Gasteiger partial charge in [-0.15, -0.1) is 0 Å². The molecule has 0 aromatic heterocycles. The number of carbonyl (C=O) groups excluding carboxylic acids is 2. The van der Waals surface area contributed by atoms with Crippen molar-refractivity contribution in [2.75, 3.05) is 0 Å². The topological polar surface area (TPSA) is 96.0 Å². The number of nitrogens with one attached hydrogen (secondary N) is 1. The number of nitrogens with zero attached hydrogens (tertiary/aromatic N) is 1. The second-order valence-corrected chi connectivity index (χ2v) is 4.28. The van der Waals surface area contributed by atoms with Crippen LogP contribution in [0.25, 0.3) is 0 Å². The van der Waals surface area contributed by atoms with E-state index >= 15 is 0 Å². The van der Waals surface area contributed by atoms with Gasteiger partial charge in [0.2, 0.25) is 11.8 Å². The summed E-state index contributed by atoms with van der Waals surface area (Å²) >= 11 is 0. The van der Waals surface area contributed by atoms with Gasteiger partial charge in [-0.1, -0.05) is 13.8 Å². The summed E-state index contributed by atoms with van der Waals surface area (Å²) in [5.41, 5.74) is 3.31. The van der Waals surface area contributed by atoms with E-state index in [4.69, 9.17) is 11.0 Å². The second kappa shape index (κ2) is 2.71. The Bertz CT molecular complexity index is 342. The van der Waals surface area contributed by atoms with Gasteiger partial charge in [-0.05, 0) is 6.92 Å². The average Bonchev–Trinajstić information content (AvgIpc) is 2.18. The molecular weight excluding hydrogens is 182 g/mol. The van der Waals surface area contributed by atoms with Crippen LogP contribution in [0.5, 0.6) is 0 Å². The number of rotatable bonds is 1. The molecule has 0 radical (unpaired) electrons. The SMILES string of the molecule is CC1(C)[C@H](C(N)=O)C(=O)N[C@@]1(C)C#N. The zero-order chi connectivity index (χ0) is 11.1. The molecule has 2 amide bonds. The van der Waals surface area contributed by atoms with Crippen LogP contribution in [0.2, 0.25) is 0 Å². The molecule has 0 aliphatic carbocycles. The molecule has 1 aliphatic heterocycles. The van der Waals surface area contributed by atoms with Gasteiger partial charge in [-0.3, -0.25) is 9.59 Å². The minimum atomic E-state index is -1.04. The summed E-state index contributed by atoms with van der Waals surface area (Å²) in [4.78, 5) is 22.5. The van der Waals surface area contributed by atoms with Gasteiger partial charge in [0, 0.05) is 5.41 Å². The molecule has 76 valence electrons. The number of hydrogen-bond donors (Lipinski definition) is 2. The zero-order valence-electron chi connectivity index (χ0n) is 8.42. The standard InChI is InChI=1S/C9H13N3O2/c1-8(2)5(6(11)13)7(14)12-9(8,3)4-10/h5H,1-3H3,(H2,11,13)(H,12,14)/t5-,9+/m1/s1. The number of nitrogens with two attached hydrogens (primary N) is 1. The lowest BCUT2D eigenvalue weighted by Crippen LogP contribution is -2.47. The van der Waals surface area contributed by atoms with Crippen molar-refractivity contribution in [3.05, 3.63) is 0 Å². The van der Waals surface area contributed by atoms with E-state index in [0.717, 1.165) is 0 Å². The molecule has 14 heavy (non-hydrogen) atoms. The highest BCUT2D eigenvalue weighted by Crippen LogP contribution is 2.43. The molecule has 1 heterocycles. The molecule has 0 spiro atoms. The number of carbonyl (C=O) groups is 2. The van der Waals surface area contributed by atoms with Gasteiger partial charge in [-0.2, -0.15) is 5.26 Å². The molecule has 1 rings (SSSR count). The van der Waals surface area contributed by atoms with Crippen LogP contribution in [0.15, 0.2) is 0 Å². The van der Waals surface area contributed by atoms with Crippen molar-refractivity contribution in [3.8, 4) is 6.07 Å². The van der Waals surface area contributed by atoms with Crippen LogP contribution in [0.3, 0.4) is 0 Å². The summed E-state index contributed by atoms with van der Waals surface area (Å²) in [6, 6.07) is 2.01. The van der Waals surface area contributed by atoms with Gasteiger partial charge in [0.1, 0.15) is 11.5 Å². The largest absolute Gasteiger partial charge is 0.369 e. The van der Waals surface area contributed by atoms with Crippen LogP contribution in [0, 0.1) is 22.7 Å². The van der Waals surface area contributed by atoms with Crippen molar-refractivity contribution in [1.82, 2.24) is 5.32 Å². The van der Waals surface area contributed by atoms with Crippen LogP contribution < -0.4 is 11.1 Å². The van der Waals surface area contributed by atoms with Crippen LogP contribution in [-0.4, -0.2) is 17.4 Å². The summed E-state index contributed by atoms with van der Waals surface area (Å²) in [5, 5.41) is 11.5. The first-order chi connectivity index (χ1) is 6.26. The Hall–Kier alpha value is -1.57. The summed E-state index contributed by atoms with van der Waals surface area (Å²) in [7, 11) is 0. The predicted octanol–water partition coefficient (Wildman–Crippen LogP) is -0.474. The average molecular weight is 195 g/mol. The Morgan fingerprint density at radius 1 is 1.57 bits per heavy atom.